The number of ether oxygens (including phenoxy) is 1. The number of methoxy groups -OCH3 is 1. The van der Waals surface area contributed by atoms with Gasteiger partial charge in [-0.3, -0.25) is 0 Å². The first kappa shape index (κ1) is 19.5. The van der Waals surface area contributed by atoms with E-state index in [2.05, 4.69) is 30.3 Å². The van der Waals surface area contributed by atoms with Crippen LogP contribution >= 0.6 is 0 Å². The minimum absolute atomic E-state index is 0.0198. The highest BCUT2D eigenvalue weighted by Gasteiger charge is 2.37. The molecule has 3 N–H and O–H groups in total. The molecule has 3 aromatic carbocycles. The Labute approximate surface area is 171 Å². The fourth-order valence-corrected chi connectivity index (χ4v) is 4.59. The lowest BCUT2D eigenvalue weighted by molar-refractivity contribution is 0.101. The Morgan fingerprint density at radius 3 is 2.38 bits per heavy atom. The zero-order valence-electron chi connectivity index (χ0n) is 16.5. The Kier molecular flexibility index (Phi) is 5.56. The van der Waals surface area contributed by atoms with E-state index >= 15 is 0 Å². The summed E-state index contributed by atoms with van der Waals surface area (Å²) in [5, 5.41) is 30.2. The van der Waals surface area contributed by atoms with Crippen LogP contribution in [0, 0.1) is 11.8 Å². The minimum Gasteiger partial charge on any atom is -0.504 e. The molecule has 0 spiro atoms. The molecule has 3 aromatic rings. The Morgan fingerprint density at radius 1 is 0.897 bits per heavy atom. The van der Waals surface area contributed by atoms with Crippen molar-refractivity contribution in [2.45, 2.75) is 12.3 Å². The third-order valence-electron chi connectivity index (χ3n) is 6.11. The molecule has 0 saturated heterocycles. The van der Waals surface area contributed by atoms with Crippen molar-refractivity contribution in [1.29, 1.82) is 0 Å². The first-order valence-electron chi connectivity index (χ1n) is 9.93. The number of hydrogen-bond acceptors (Lipinski definition) is 4. The number of fused-ring (bicyclic) bond motifs is 1. The second-order valence-corrected chi connectivity index (χ2v) is 7.68. The van der Waals surface area contributed by atoms with Gasteiger partial charge in [0.1, 0.15) is 0 Å². The molecule has 0 heterocycles. The van der Waals surface area contributed by atoms with E-state index in [0.717, 1.165) is 28.7 Å². The second-order valence-electron chi connectivity index (χ2n) is 7.68. The smallest absolute Gasteiger partial charge is 0.160 e. The molecule has 0 bridgehead atoms. The summed E-state index contributed by atoms with van der Waals surface area (Å²) < 4.78 is 5.32. The van der Waals surface area contributed by atoms with Gasteiger partial charge < -0.3 is 20.1 Å². The zero-order valence-corrected chi connectivity index (χ0v) is 16.5. The summed E-state index contributed by atoms with van der Waals surface area (Å²) in [5.41, 5.74) is 5.57. The van der Waals surface area contributed by atoms with Gasteiger partial charge in [0.15, 0.2) is 11.5 Å². The van der Waals surface area contributed by atoms with Crippen LogP contribution in [0.1, 0.15) is 22.6 Å². The molecule has 0 radical (unpaired) electrons. The van der Waals surface area contributed by atoms with Gasteiger partial charge >= 0.3 is 0 Å². The fourth-order valence-electron chi connectivity index (χ4n) is 4.59. The summed E-state index contributed by atoms with van der Waals surface area (Å²) in [6, 6.07) is 22.0. The molecule has 4 rings (SSSR count). The van der Waals surface area contributed by atoms with Crippen LogP contribution in [0.15, 0.2) is 66.7 Å². The number of hydrogen-bond donors (Lipinski definition) is 3. The van der Waals surface area contributed by atoms with E-state index in [-0.39, 0.29) is 36.7 Å². The number of aliphatic hydroxyl groups is 2. The van der Waals surface area contributed by atoms with Gasteiger partial charge in [-0.15, -0.1) is 0 Å². The van der Waals surface area contributed by atoms with E-state index in [9.17, 15) is 15.3 Å². The number of phenolic OH excluding ortho intramolecular Hbond substituents is 1. The quantitative estimate of drug-likeness (QED) is 0.616. The summed E-state index contributed by atoms with van der Waals surface area (Å²) in [7, 11) is 1.53. The summed E-state index contributed by atoms with van der Waals surface area (Å²) in [6.45, 7) is 0.00487. The van der Waals surface area contributed by atoms with Gasteiger partial charge in [0.2, 0.25) is 0 Å². The lowest BCUT2D eigenvalue weighted by Gasteiger charge is -2.39. The number of aliphatic hydroxyl groups excluding tert-OH is 2. The maximum atomic E-state index is 10.2. The fraction of sp³-hybridized carbons (Fsp3) is 0.280. The zero-order chi connectivity index (χ0) is 20.4. The van der Waals surface area contributed by atoms with Crippen LogP contribution in [0.25, 0.3) is 11.1 Å². The number of phenols is 1. The van der Waals surface area contributed by atoms with E-state index in [4.69, 9.17) is 4.74 Å². The summed E-state index contributed by atoms with van der Waals surface area (Å²) in [5.74, 6) is 0.252. The Hall–Kier alpha value is -2.82. The largest absolute Gasteiger partial charge is 0.504 e. The van der Waals surface area contributed by atoms with Gasteiger partial charge in [0.05, 0.1) is 7.11 Å². The summed E-state index contributed by atoms with van der Waals surface area (Å²) in [4.78, 5) is 0. The van der Waals surface area contributed by atoms with Crippen molar-refractivity contribution in [3.8, 4) is 22.6 Å². The highest BCUT2D eigenvalue weighted by Crippen LogP contribution is 2.46. The average Bonchev–Trinajstić information content (AvgIpc) is 2.78. The molecular weight excluding hydrogens is 364 g/mol. The van der Waals surface area contributed by atoms with Gasteiger partial charge in [-0.2, -0.15) is 0 Å². The second kappa shape index (κ2) is 8.27. The van der Waals surface area contributed by atoms with Gasteiger partial charge in [-0.25, -0.2) is 0 Å². The van der Waals surface area contributed by atoms with Gasteiger partial charge in [-0.1, -0.05) is 54.6 Å². The van der Waals surface area contributed by atoms with Gasteiger partial charge in [0.25, 0.3) is 0 Å². The summed E-state index contributed by atoms with van der Waals surface area (Å²) in [6.07, 6.45) is 0.734. The molecule has 150 valence electrons. The number of aromatic hydroxyl groups is 1. The van der Waals surface area contributed by atoms with E-state index in [1.807, 2.05) is 30.3 Å². The van der Waals surface area contributed by atoms with Crippen LogP contribution in [-0.2, 0) is 6.42 Å². The molecule has 0 aromatic heterocycles. The number of benzene rings is 3. The predicted molar refractivity (Wildman–Crippen MR) is 113 cm³/mol. The summed E-state index contributed by atoms with van der Waals surface area (Å²) >= 11 is 0. The van der Waals surface area contributed by atoms with E-state index in [0.29, 0.717) is 5.75 Å². The monoisotopic (exact) mass is 390 g/mol. The van der Waals surface area contributed by atoms with Crippen molar-refractivity contribution in [1.82, 2.24) is 0 Å². The molecule has 29 heavy (non-hydrogen) atoms. The third-order valence-corrected chi connectivity index (χ3v) is 6.11. The number of rotatable bonds is 5. The van der Waals surface area contributed by atoms with Crippen LogP contribution in [0.2, 0.25) is 0 Å². The Morgan fingerprint density at radius 2 is 1.69 bits per heavy atom. The molecule has 1 aliphatic carbocycles. The lowest BCUT2D eigenvalue weighted by atomic mass is 9.66. The van der Waals surface area contributed by atoms with Gasteiger partial charge in [-0.05, 0) is 58.2 Å². The van der Waals surface area contributed by atoms with Crippen LogP contribution in [0.3, 0.4) is 0 Å². The molecule has 4 nitrogen and oxygen atoms in total. The van der Waals surface area contributed by atoms with Crippen molar-refractivity contribution in [2.75, 3.05) is 20.3 Å². The van der Waals surface area contributed by atoms with Crippen molar-refractivity contribution in [3.05, 3.63) is 83.4 Å². The first-order valence-corrected chi connectivity index (χ1v) is 9.93. The lowest BCUT2D eigenvalue weighted by Crippen LogP contribution is -2.35. The Bertz CT molecular complexity index is 983. The molecule has 1 aliphatic rings. The van der Waals surface area contributed by atoms with E-state index in [1.54, 1.807) is 6.07 Å². The van der Waals surface area contributed by atoms with Crippen LogP contribution in [0.4, 0.5) is 0 Å². The van der Waals surface area contributed by atoms with Crippen LogP contribution < -0.4 is 4.74 Å². The highest BCUT2D eigenvalue weighted by atomic mass is 16.5. The van der Waals surface area contributed by atoms with E-state index in [1.165, 1.54) is 12.7 Å². The van der Waals surface area contributed by atoms with Crippen molar-refractivity contribution >= 4 is 0 Å². The van der Waals surface area contributed by atoms with Crippen LogP contribution in [0.5, 0.6) is 11.5 Å². The van der Waals surface area contributed by atoms with Crippen molar-refractivity contribution < 1.29 is 20.1 Å². The molecular formula is C25H26O4. The normalized spacial score (nSPS) is 20.9. The molecule has 0 saturated carbocycles. The van der Waals surface area contributed by atoms with Gasteiger partial charge in [0, 0.05) is 19.1 Å². The van der Waals surface area contributed by atoms with E-state index < -0.39 is 0 Å². The standard InChI is InChI=1S/C25H26O4/c1-29-24-13-19(9-10-23(24)28)25-21-12-17(16-5-3-2-4-6-16)7-8-18(21)11-20(14-26)22(25)15-27/h2-10,12-13,20,22,25-28H,11,14-15H2,1H3/t20-,22-,25-/m1/s1. The molecule has 3 atom stereocenters. The topological polar surface area (TPSA) is 69.9 Å². The first-order chi connectivity index (χ1) is 14.2. The molecule has 4 heteroatoms. The maximum Gasteiger partial charge on any atom is 0.160 e. The maximum absolute atomic E-state index is 10.2. The average molecular weight is 390 g/mol. The Balaban J connectivity index is 1.88. The third kappa shape index (κ3) is 3.61. The SMILES string of the molecule is COc1cc([C@@H]2c3cc(-c4ccccc4)ccc3C[C@H](CO)[C@H]2CO)ccc1O. The van der Waals surface area contributed by atoms with Crippen molar-refractivity contribution in [2.24, 2.45) is 11.8 Å². The molecule has 0 aliphatic heterocycles. The molecule has 0 amide bonds. The molecule has 0 fully saturated rings. The molecule has 0 unspecified atom stereocenters. The predicted octanol–water partition coefficient (Wildman–Crippen LogP) is 3.97. The highest BCUT2D eigenvalue weighted by molar-refractivity contribution is 5.66. The minimum atomic E-state index is -0.118. The van der Waals surface area contributed by atoms with Crippen LogP contribution in [-0.4, -0.2) is 35.6 Å². The van der Waals surface area contributed by atoms with Crippen molar-refractivity contribution in [3.63, 3.8) is 0 Å².